The number of rotatable bonds is 6. The summed E-state index contributed by atoms with van der Waals surface area (Å²) >= 11 is 3.47. The summed E-state index contributed by atoms with van der Waals surface area (Å²) < 4.78 is 1.07. The van der Waals surface area contributed by atoms with E-state index in [2.05, 4.69) is 56.4 Å². The summed E-state index contributed by atoms with van der Waals surface area (Å²) in [4.78, 5) is 8.47. The van der Waals surface area contributed by atoms with Gasteiger partial charge in [0.05, 0.1) is 0 Å². The molecular weight excluding hydrogens is 316 g/mol. The Hall–Kier alpha value is -1.62. The van der Waals surface area contributed by atoms with Gasteiger partial charge in [-0.2, -0.15) is 0 Å². The van der Waals surface area contributed by atoms with Gasteiger partial charge in [-0.25, -0.2) is 9.97 Å². The van der Waals surface area contributed by atoms with E-state index >= 15 is 0 Å². The van der Waals surface area contributed by atoms with E-state index in [0.29, 0.717) is 0 Å². The van der Waals surface area contributed by atoms with Gasteiger partial charge < -0.3 is 10.6 Å². The van der Waals surface area contributed by atoms with Crippen LogP contribution in [0.2, 0.25) is 0 Å². The zero-order valence-electron chi connectivity index (χ0n) is 11.8. The van der Waals surface area contributed by atoms with Crippen LogP contribution >= 0.6 is 15.9 Å². The molecule has 0 saturated heterocycles. The predicted molar refractivity (Wildman–Crippen MR) is 87.6 cm³/mol. The van der Waals surface area contributed by atoms with E-state index in [0.717, 1.165) is 34.8 Å². The van der Waals surface area contributed by atoms with E-state index in [9.17, 15) is 0 Å². The van der Waals surface area contributed by atoms with E-state index in [-0.39, 0.29) is 0 Å². The lowest BCUT2D eigenvalue weighted by atomic mass is 10.2. The van der Waals surface area contributed by atoms with Gasteiger partial charge in [-0.3, -0.25) is 0 Å². The first-order valence-corrected chi connectivity index (χ1v) is 7.57. The molecule has 1 aromatic carbocycles. The van der Waals surface area contributed by atoms with E-state index in [1.165, 1.54) is 12.0 Å². The van der Waals surface area contributed by atoms with Crippen molar-refractivity contribution in [2.45, 2.75) is 26.7 Å². The van der Waals surface area contributed by atoms with Gasteiger partial charge in [0, 0.05) is 22.8 Å². The highest BCUT2D eigenvalue weighted by atomic mass is 79.9. The molecule has 0 spiro atoms. The Morgan fingerprint density at radius 2 is 1.95 bits per heavy atom. The first-order chi connectivity index (χ1) is 9.69. The van der Waals surface area contributed by atoms with E-state index in [1.54, 1.807) is 6.33 Å². The third kappa shape index (κ3) is 4.20. The van der Waals surface area contributed by atoms with Crippen LogP contribution in [0.3, 0.4) is 0 Å². The molecule has 5 heteroatoms. The van der Waals surface area contributed by atoms with E-state index in [1.807, 2.05) is 18.2 Å². The zero-order chi connectivity index (χ0) is 14.4. The summed E-state index contributed by atoms with van der Waals surface area (Å²) in [6, 6.07) is 8.05. The normalized spacial score (nSPS) is 10.3. The molecule has 0 bridgehead atoms. The third-order valence-corrected chi connectivity index (χ3v) is 3.45. The lowest BCUT2D eigenvalue weighted by molar-refractivity contribution is 0.830. The van der Waals surface area contributed by atoms with E-state index < -0.39 is 0 Å². The number of hydrogen-bond acceptors (Lipinski definition) is 4. The second kappa shape index (κ2) is 7.24. The van der Waals surface area contributed by atoms with Crippen LogP contribution in [-0.4, -0.2) is 16.5 Å². The fraction of sp³-hybridized carbons (Fsp3) is 0.333. The van der Waals surface area contributed by atoms with Crippen molar-refractivity contribution in [2.75, 3.05) is 17.2 Å². The molecule has 2 rings (SSSR count). The van der Waals surface area contributed by atoms with Crippen LogP contribution < -0.4 is 10.6 Å². The minimum Gasteiger partial charge on any atom is -0.370 e. The first kappa shape index (κ1) is 14.8. The number of halogens is 1. The molecule has 0 aliphatic rings. The van der Waals surface area contributed by atoms with Crippen molar-refractivity contribution in [3.05, 3.63) is 40.6 Å². The molecule has 0 fully saturated rings. The molecule has 0 saturated carbocycles. The molecule has 1 aromatic heterocycles. The highest BCUT2D eigenvalue weighted by molar-refractivity contribution is 9.10. The van der Waals surface area contributed by atoms with Gasteiger partial charge in [0.25, 0.3) is 0 Å². The van der Waals surface area contributed by atoms with Crippen molar-refractivity contribution < 1.29 is 0 Å². The molecule has 106 valence electrons. The summed E-state index contributed by atoms with van der Waals surface area (Å²) in [7, 11) is 0. The SMILES string of the molecule is CCCCNc1cc(Nc2ccc(Br)cc2C)ncn1. The Balaban J connectivity index is 2.07. The quantitative estimate of drug-likeness (QED) is 0.763. The zero-order valence-corrected chi connectivity index (χ0v) is 13.4. The minimum absolute atomic E-state index is 0.796. The van der Waals surface area contributed by atoms with Crippen LogP contribution in [0, 0.1) is 6.92 Å². The third-order valence-electron chi connectivity index (χ3n) is 2.95. The maximum Gasteiger partial charge on any atom is 0.135 e. The lowest BCUT2D eigenvalue weighted by Gasteiger charge is -2.10. The number of aryl methyl sites for hydroxylation is 1. The van der Waals surface area contributed by atoms with Crippen molar-refractivity contribution in [3.63, 3.8) is 0 Å². The van der Waals surface area contributed by atoms with Crippen LogP contribution in [0.25, 0.3) is 0 Å². The molecule has 0 radical (unpaired) electrons. The standard InChI is InChI=1S/C15H19BrN4/c1-3-4-7-17-14-9-15(19-10-18-14)20-13-6-5-12(16)8-11(13)2/h5-6,8-10H,3-4,7H2,1-2H3,(H2,17,18,19,20). The molecule has 1 heterocycles. The Labute approximate surface area is 128 Å². The smallest absolute Gasteiger partial charge is 0.135 e. The predicted octanol–water partition coefficient (Wildman–Crippen LogP) is 4.50. The van der Waals surface area contributed by atoms with Crippen molar-refractivity contribution in [3.8, 4) is 0 Å². The summed E-state index contributed by atoms with van der Waals surface area (Å²) in [5, 5.41) is 6.62. The topological polar surface area (TPSA) is 49.8 Å². The maximum absolute atomic E-state index is 4.25. The molecule has 0 unspecified atom stereocenters. The molecule has 0 aliphatic heterocycles. The van der Waals surface area contributed by atoms with Crippen molar-refractivity contribution in [1.82, 2.24) is 9.97 Å². The number of nitrogens with zero attached hydrogens (tertiary/aromatic N) is 2. The average molecular weight is 335 g/mol. The minimum atomic E-state index is 0.796. The van der Waals surface area contributed by atoms with Crippen LogP contribution in [0.5, 0.6) is 0 Å². The largest absolute Gasteiger partial charge is 0.370 e. The van der Waals surface area contributed by atoms with Crippen molar-refractivity contribution >= 4 is 33.3 Å². The monoisotopic (exact) mass is 334 g/mol. The Morgan fingerprint density at radius 3 is 2.70 bits per heavy atom. The summed E-state index contributed by atoms with van der Waals surface area (Å²) in [6.45, 7) is 5.17. The van der Waals surface area contributed by atoms with Crippen LogP contribution in [0.15, 0.2) is 35.1 Å². The second-order valence-electron chi connectivity index (χ2n) is 4.65. The van der Waals surface area contributed by atoms with Gasteiger partial charge in [0.2, 0.25) is 0 Å². The van der Waals surface area contributed by atoms with Gasteiger partial charge in [0.1, 0.15) is 18.0 Å². The van der Waals surface area contributed by atoms with Crippen LogP contribution in [-0.2, 0) is 0 Å². The van der Waals surface area contributed by atoms with Crippen molar-refractivity contribution in [2.24, 2.45) is 0 Å². The molecule has 0 atom stereocenters. The molecule has 2 aromatic rings. The lowest BCUT2D eigenvalue weighted by Crippen LogP contribution is -2.04. The molecule has 2 N–H and O–H groups in total. The first-order valence-electron chi connectivity index (χ1n) is 6.78. The van der Waals surface area contributed by atoms with E-state index in [4.69, 9.17) is 0 Å². The molecule has 0 amide bonds. The summed E-state index contributed by atoms with van der Waals surface area (Å²) in [5.74, 6) is 1.65. The fourth-order valence-corrected chi connectivity index (χ4v) is 2.30. The molecule has 4 nitrogen and oxygen atoms in total. The summed E-state index contributed by atoms with van der Waals surface area (Å²) in [6.07, 6.45) is 3.88. The summed E-state index contributed by atoms with van der Waals surface area (Å²) in [5.41, 5.74) is 2.21. The second-order valence-corrected chi connectivity index (χ2v) is 5.57. The Kier molecular flexibility index (Phi) is 5.35. The van der Waals surface area contributed by atoms with Crippen molar-refractivity contribution in [1.29, 1.82) is 0 Å². The van der Waals surface area contributed by atoms with Gasteiger partial charge in [-0.1, -0.05) is 29.3 Å². The maximum atomic E-state index is 4.25. The fourth-order valence-electron chi connectivity index (χ4n) is 1.82. The van der Waals surface area contributed by atoms with Gasteiger partial charge in [0.15, 0.2) is 0 Å². The van der Waals surface area contributed by atoms with Crippen LogP contribution in [0.4, 0.5) is 17.3 Å². The average Bonchev–Trinajstić information content (AvgIpc) is 2.43. The number of unbranched alkanes of at least 4 members (excludes halogenated alkanes) is 1. The number of hydrogen-bond donors (Lipinski definition) is 2. The molecule has 20 heavy (non-hydrogen) atoms. The van der Waals surface area contributed by atoms with Gasteiger partial charge in [-0.05, 0) is 37.1 Å². The number of benzene rings is 1. The Bertz CT molecular complexity index is 572. The highest BCUT2D eigenvalue weighted by Gasteiger charge is 2.02. The van der Waals surface area contributed by atoms with Gasteiger partial charge >= 0.3 is 0 Å². The van der Waals surface area contributed by atoms with Crippen LogP contribution in [0.1, 0.15) is 25.3 Å². The number of anilines is 3. The highest BCUT2D eigenvalue weighted by Crippen LogP contribution is 2.23. The molecule has 0 aliphatic carbocycles. The number of aromatic nitrogens is 2. The molecular formula is C15H19BrN4. The Morgan fingerprint density at radius 1 is 1.15 bits per heavy atom. The van der Waals surface area contributed by atoms with Gasteiger partial charge in [-0.15, -0.1) is 0 Å². The number of nitrogens with one attached hydrogen (secondary N) is 2.